The molecule has 0 unspecified atom stereocenters. The highest BCUT2D eigenvalue weighted by molar-refractivity contribution is 7.97. The summed E-state index contributed by atoms with van der Waals surface area (Å²) in [4.78, 5) is 4.41. The second kappa shape index (κ2) is 15.8. The largest absolute Gasteiger partial charge is 0.399 e. The molecule has 0 spiro atoms. The van der Waals surface area contributed by atoms with Crippen molar-refractivity contribution in [2.75, 3.05) is 42.2 Å². The third-order valence-corrected chi connectivity index (χ3v) is 12.3. The average Bonchev–Trinajstić information content (AvgIpc) is 4.09. The van der Waals surface area contributed by atoms with E-state index in [1.807, 2.05) is 0 Å². The van der Waals surface area contributed by atoms with Crippen LogP contribution in [0.3, 0.4) is 0 Å². The highest BCUT2D eigenvalue weighted by Gasteiger charge is 2.45. The Morgan fingerprint density at radius 1 is 0.927 bits per heavy atom. The van der Waals surface area contributed by atoms with Crippen molar-refractivity contribution in [1.29, 1.82) is 0 Å². The summed E-state index contributed by atoms with van der Waals surface area (Å²) in [6, 6.07) is 14.9. The first kappa shape index (κ1) is 39.2. The van der Waals surface area contributed by atoms with Crippen LogP contribution in [0.4, 0.5) is 43.4 Å². The molecule has 4 aromatic rings. The molecule has 4 aromatic carbocycles. The molecule has 2 N–H and O–H groups in total. The topological polar surface area (TPSA) is 35.7 Å². The van der Waals surface area contributed by atoms with Crippen LogP contribution in [0.25, 0.3) is 0 Å². The van der Waals surface area contributed by atoms with Crippen molar-refractivity contribution in [3.8, 4) is 0 Å². The Balaban J connectivity index is 0.000000169. The number of nitrogens with two attached hydrogens (primary N) is 1. The molecule has 4 aliphatic rings. The van der Waals surface area contributed by atoms with Crippen LogP contribution in [-0.2, 0) is 25.4 Å². The molecule has 2 saturated carbocycles. The number of hydrogen-bond donors (Lipinski definition) is 1. The lowest BCUT2D eigenvalue weighted by Gasteiger charge is -2.32. The molecular weight excluding hydrogens is 731 g/mol. The summed E-state index contributed by atoms with van der Waals surface area (Å²) in [5, 5.41) is 0. The van der Waals surface area contributed by atoms with Gasteiger partial charge in [-0.1, -0.05) is 12.1 Å². The van der Waals surface area contributed by atoms with E-state index in [0.29, 0.717) is 24.1 Å². The first-order chi connectivity index (χ1) is 26.2. The number of halogens is 6. The Hall–Kier alpha value is -4.09. The van der Waals surface area contributed by atoms with E-state index in [1.165, 1.54) is 105 Å². The van der Waals surface area contributed by atoms with Gasteiger partial charge in [-0.25, -0.2) is 21.9 Å². The highest BCUT2D eigenvalue weighted by atomic mass is 32.2. The number of nitrogen functional groups attached to an aromatic ring is 1. The van der Waals surface area contributed by atoms with E-state index in [9.17, 15) is 17.6 Å². The molecule has 8 rings (SSSR count). The summed E-state index contributed by atoms with van der Waals surface area (Å²) in [6.07, 6.45) is 10.7. The Labute approximate surface area is 324 Å². The Morgan fingerprint density at radius 3 is 2.33 bits per heavy atom. The highest BCUT2D eigenvalue weighted by Crippen LogP contribution is 2.50. The maximum absolute atomic E-state index is 15.4. The Morgan fingerprint density at radius 2 is 1.65 bits per heavy atom. The standard InChI is InChI=1S/C25H33N3.C19H15F6NS/c1-27(25-9-8-23(26)15-22(25)12-18-4-5-18)17-19-13-21(20-6-7-20)16-24(14-19)28-10-2-3-11-28;1-4-5-26-8-12-13(6-11(20)7-14(12)21)19(24,25)15-9(2)10(3)16(22)17(23)18(15)27-26/h8-9,13-16,18,20H,2-7,10-12,17,26H2,1H3;4,6-7H,1,5,8H2,2-3H3. The minimum atomic E-state index is -3.91. The lowest BCUT2D eigenvalue weighted by molar-refractivity contribution is 0.0355. The van der Waals surface area contributed by atoms with Gasteiger partial charge >= 0.3 is 0 Å². The normalized spacial score (nSPS) is 17.8. The molecular formula is C44H48F6N4S. The zero-order valence-electron chi connectivity index (χ0n) is 31.6. The van der Waals surface area contributed by atoms with Gasteiger partial charge in [-0.2, -0.15) is 8.78 Å². The predicted molar refractivity (Wildman–Crippen MR) is 211 cm³/mol. The lowest BCUT2D eigenvalue weighted by atomic mass is 9.90. The van der Waals surface area contributed by atoms with E-state index in [1.54, 1.807) is 5.56 Å². The Kier molecular flexibility index (Phi) is 11.3. The van der Waals surface area contributed by atoms with Crippen molar-refractivity contribution in [3.63, 3.8) is 0 Å². The van der Waals surface area contributed by atoms with Gasteiger partial charge in [0.25, 0.3) is 5.92 Å². The molecule has 2 aliphatic heterocycles. The maximum atomic E-state index is 15.4. The molecule has 0 radical (unpaired) electrons. The fourth-order valence-electron chi connectivity index (χ4n) is 7.86. The quantitative estimate of drug-likeness (QED) is 0.0792. The van der Waals surface area contributed by atoms with Crippen LogP contribution in [-0.4, -0.2) is 31.0 Å². The summed E-state index contributed by atoms with van der Waals surface area (Å²) in [5.74, 6) is -7.17. The van der Waals surface area contributed by atoms with Crippen LogP contribution < -0.4 is 15.5 Å². The SMILES string of the molecule is C=CCN1Cc2c(F)cc(F)cc2C(F)(F)c2c(C)c(C)c(F)c(F)c2S1.CN(Cc1cc(C2CC2)cc(N2CCCC2)c1)c1ccc(N)cc1CC1CC1. The zero-order valence-corrected chi connectivity index (χ0v) is 32.5. The van der Waals surface area contributed by atoms with E-state index < -0.39 is 50.8 Å². The summed E-state index contributed by atoms with van der Waals surface area (Å²) in [6.45, 7) is 9.07. The number of hydrogen-bond acceptors (Lipinski definition) is 5. The summed E-state index contributed by atoms with van der Waals surface area (Å²) < 4.78 is 89.0. The Bertz CT molecular complexity index is 2090. The fraction of sp³-hybridized carbons (Fsp3) is 0.409. The van der Waals surface area contributed by atoms with Crippen LogP contribution in [0.1, 0.15) is 89.0 Å². The summed E-state index contributed by atoms with van der Waals surface area (Å²) >= 11 is 0.565. The molecule has 0 atom stereocenters. The van der Waals surface area contributed by atoms with Crippen molar-refractivity contribution in [1.82, 2.24) is 4.31 Å². The van der Waals surface area contributed by atoms with Gasteiger partial charge in [-0.05, 0) is 147 Å². The molecule has 11 heteroatoms. The van der Waals surface area contributed by atoms with Crippen LogP contribution in [0.2, 0.25) is 0 Å². The fourth-order valence-corrected chi connectivity index (χ4v) is 9.03. The minimum Gasteiger partial charge on any atom is -0.399 e. The molecule has 2 heterocycles. The van der Waals surface area contributed by atoms with Gasteiger partial charge in [0.1, 0.15) is 11.6 Å². The van der Waals surface area contributed by atoms with Gasteiger partial charge in [-0.3, -0.25) is 0 Å². The van der Waals surface area contributed by atoms with E-state index in [0.717, 1.165) is 24.1 Å². The smallest absolute Gasteiger partial charge is 0.300 e. The first-order valence-corrected chi connectivity index (χ1v) is 19.9. The van der Waals surface area contributed by atoms with Crippen molar-refractivity contribution < 1.29 is 26.3 Å². The molecule has 1 saturated heterocycles. The number of rotatable bonds is 9. The van der Waals surface area contributed by atoms with E-state index in [-0.39, 0.29) is 24.2 Å². The van der Waals surface area contributed by atoms with Crippen molar-refractivity contribution in [2.45, 2.75) is 88.6 Å². The van der Waals surface area contributed by atoms with Crippen molar-refractivity contribution >= 4 is 29.0 Å². The third kappa shape index (κ3) is 8.38. The molecule has 0 aromatic heterocycles. The van der Waals surface area contributed by atoms with E-state index >= 15 is 8.78 Å². The number of benzene rings is 4. The minimum absolute atomic E-state index is 0.0833. The van der Waals surface area contributed by atoms with Crippen molar-refractivity contribution in [3.05, 3.63) is 129 Å². The molecule has 4 nitrogen and oxygen atoms in total. The zero-order chi connectivity index (χ0) is 39.2. The van der Waals surface area contributed by atoms with E-state index in [2.05, 4.69) is 59.8 Å². The van der Waals surface area contributed by atoms with Gasteiger partial charge in [0, 0.05) is 79.6 Å². The lowest BCUT2D eigenvalue weighted by Crippen LogP contribution is -2.29. The van der Waals surface area contributed by atoms with Crippen LogP contribution in [0.15, 0.2) is 66.1 Å². The summed E-state index contributed by atoms with van der Waals surface area (Å²) in [7, 11) is 2.24. The molecule has 55 heavy (non-hydrogen) atoms. The third-order valence-electron chi connectivity index (χ3n) is 11.2. The van der Waals surface area contributed by atoms with Crippen LogP contribution in [0.5, 0.6) is 0 Å². The maximum Gasteiger partial charge on any atom is 0.300 e. The van der Waals surface area contributed by atoms with Gasteiger partial charge in [0.15, 0.2) is 11.6 Å². The monoisotopic (exact) mass is 778 g/mol. The molecule has 3 fully saturated rings. The average molecular weight is 779 g/mol. The van der Waals surface area contributed by atoms with Gasteiger partial charge in [0.2, 0.25) is 0 Å². The molecule has 0 amide bonds. The van der Waals surface area contributed by atoms with Gasteiger partial charge < -0.3 is 15.5 Å². The van der Waals surface area contributed by atoms with Crippen LogP contribution in [0, 0.1) is 43.0 Å². The number of fused-ring (bicyclic) bond motifs is 2. The molecule has 2 aliphatic carbocycles. The molecule has 0 bridgehead atoms. The van der Waals surface area contributed by atoms with Crippen molar-refractivity contribution in [2.24, 2.45) is 5.92 Å². The van der Waals surface area contributed by atoms with Crippen LogP contribution >= 0.6 is 11.9 Å². The first-order valence-electron chi connectivity index (χ1n) is 19.1. The summed E-state index contributed by atoms with van der Waals surface area (Å²) in [5.41, 5.74) is 11.7. The number of anilines is 3. The second-order valence-corrected chi connectivity index (χ2v) is 16.7. The van der Waals surface area contributed by atoms with E-state index in [4.69, 9.17) is 5.73 Å². The number of alkyl halides is 2. The molecule has 292 valence electrons. The second-order valence-electron chi connectivity index (χ2n) is 15.6. The number of nitrogens with zero attached hydrogens (tertiary/aromatic N) is 3. The van der Waals surface area contributed by atoms with Gasteiger partial charge in [0.05, 0.1) is 4.90 Å². The predicted octanol–water partition coefficient (Wildman–Crippen LogP) is 11.3. The van der Waals surface area contributed by atoms with Gasteiger partial charge in [-0.15, -0.1) is 6.58 Å².